The summed E-state index contributed by atoms with van der Waals surface area (Å²) < 4.78 is 0. The van der Waals surface area contributed by atoms with Crippen LogP contribution < -0.4 is 0 Å². The number of unbranched alkanes of at least 4 members (excludes halogenated alkanes) is 4. The van der Waals surface area contributed by atoms with E-state index < -0.39 is 0 Å². The standard InChI is InChI=1S/C10H19/c1-3-5-7-9-10-8-6-4-2/h5,9-10H,3-4,6-8H2,1-2H3. The summed E-state index contributed by atoms with van der Waals surface area (Å²) in [5.41, 5.74) is 0. The molecule has 0 heterocycles. The molecule has 0 aliphatic rings. The maximum atomic E-state index is 2.29. The molecule has 0 spiro atoms. The van der Waals surface area contributed by atoms with Crippen LogP contribution in [0.15, 0.2) is 12.2 Å². The van der Waals surface area contributed by atoms with Gasteiger partial charge < -0.3 is 0 Å². The Morgan fingerprint density at radius 3 is 2.50 bits per heavy atom. The van der Waals surface area contributed by atoms with Gasteiger partial charge >= 0.3 is 0 Å². The van der Waals surface area contributed by atoms with Crippen LogP contribution in [-0.2, 0) is 0 Å². The monoisotopic (exact) mass is 139 g/mol. The third kappa shape index (κ3) is 7.74. The van der Waals surface area contributed by atoms with Gasteiger partial charge in [0.25, 0.3) is 0 Å². The first-order valence-electron chi connectivity index (χ1n) is 4.38. The van der Waals surface area contributed by atoms with E-state index in [0.29, 0.717) is 0 Å². The second-order valence-corrected chi connectivity index (χ2v) is 2.55. The largest absolute Gasteiger partial charge is 0.0885 e. The molecule has 0 aromatic carbocycles. The first-order chi connectivity index (χ1) is 4.91. The van der Waals surface area contributed by atoms with Crippen molar-refractivity contribution in [3.05, 3.63) is 18.6 Å². The zero-order valence-corrected chi connectivity index (χ0v) is 7.27. The van der Waals surface area contributed by atoms with Crippen molar-refractivity contribution < 1.29 is 0 Å². The van der Waals surface area contributed by atoms with E-state index in [4.69, 9.17) is 0 Å². The van der Waals surface area contributed by atoms with Gasteiger partial charge in [0.05, 0.1) is 0 Å². The first-order valence-corrected chi connectivity index (χ1v) is 4.38. The van der Waals surface area contributed by atoms with E-state index in [0.717, 1.165) is 6.42 Å². The van der Waals surface area contributed by atoms with E-state index >= 15 is 0 Å². The minimum Gasteiger partial charge on any atom is -0.0885 e. The SMILES string of the molecule is CC[CH]CC=CCCCC. The summed E-state index contributed by atoms with van der Waals surface area (Å²) in [4.78, 5) is 0. The van der Waals surface area contributed by atoms with Crippen molar-refractivity contribution in [3.63, 3.8) is 0 Å². The minimum absolute atomic E-state index is 1.15. The summed E-state index contributed by atoms with van der Waals surface area (Å²) in [6.45, 7) is 4.41. The fourth-order valence-corrected chi connectivity index (χ4v) is 0.799. The number of hydrogen-bond acceptors (Lipinski definition) is 0. The summed E-state index contributed by atoms with van der Waals surface area (Å²) in [6.07, 6.45) is 13.1. The van der Waals surface area contributed by atoms with Gasteiger partial charge in [-0.05, 0) is 19.3 Å². The van der Waals surface area contributed by atoms with Gasteiger partial charge in [-0.3, -0.25) is 0 Å². The van der Waals surface area contributed by atoms with Crippen LogP contribution in [-0.4, -0.2) is 0 Å². The zero-order chi connectivity index (χ0) is 7.66. The van der Waals surface area contributed by atoms with Crippen molar-refractivity contribution in [2.24, 2.45) is 0 Å². The predicted molar refractivity (Wildman–Crippen MR) is 47.9 cm³/mol. The Morgan fingerprint density at radius 2 is 1.90 bits per heavy atom. The van der Waals surface area contributed by atoms with Crippen LogP contribution in [0.2, 0.25) is 0 Å². The maximum Gasteiger partial charge on any atom is -0.0320 e. The molecule has 10 heavy (non-hydrogen) atoms. The number of allylic oxidation sites excluding steroid dienone is 2. The van der Waals surface area contributed by atoms with Crippen LogP contribution in [0.1, 0.15) is 46.0 Å². The molecular formula is C10H19. The molecule has 0 rings (SSSR count). The van der Waals surface area contributed by atoms with Crippen molar-refractivity contribution in [1.82, 2.24) is 0 Å². The fraction of sp³-hybridized carbons (Fsp3) is 0.700. The third-order valence-corrected chi connectivity index (χ3v) is 1.48. The zero-order valence-electron chi connectivity index (χ0n) is 7.27. The number of rotatable bonds is 6. The fourth-order valence-electron chi connectivity index (χ4n) is 0.799. The molecule has 0 nitrogen and oxygen atoms in total. The second kappa shape index (κ2) is 8.74. The summed E-state index contributed by atoms with van der Waals surface area (Å²) in [7, 11) is 0. The molecular weight excluding hydrogens is 120 g/mol. The van der Waals surface area contributed by atoms with Crippen LogP contribution in [0.25, 0.3) is 0 Å². The number of hydrogen-bond donors (Lipinski definition) is 0. The Labute approximate surface area is 65.3 Å². The van der Waals surface area contributed by atoms with Gasteiger partial charge in [0, 0.05) is 0 Å². The molecule has 0 aromatic rings. The summed E-state index contributed by atoms with van der Waals surface area (Å²) in [5, 5.41) is 0. The van der Waals surface area contributed by atoms with Gasteiger partial charge in [0.15, 0.2) is 0 Å². The van der Waals surface area contributed by atoms with Crippen LogP contribution in [0.4, 0.5) is 0 Å². The molecule has 0 bridgehead atoms. The third-order valence-electron chi connectivity index (χ3n) is 1.48. The molecule has 0 saturated carbocycles. The Bertz CT molecular complexity index is 62.1. The quantitative estimate of drug-likeness (QED) is 0.388. The van der Waals surface area contributed by atoms with Gasteiger partial charge in [0.2, 0.25) is 0 Å². The molecule has 0 atom stereocenters. The van der Waals surface area contributed by atoms with E-state index in [1.165, 1.54) is 25.7 Å². The summed E-state index contributed by atoms with van der Waals surface area (Å²) >= 11 is 0. The second-order valence-electron chi connectivity index (χ2n) is 2.55. The van der Waals surface area contributed by atoms with Crippen molar-refractivity contribution in [1.29, 1.82) is 0 Å². The maximum absolute atomic E-state index is 2.29. The molecule has 1 radical (unpaired) electrons. The molecule has 59 valence electrons. The van der Waals surface area contributed by atoms with Crippen LogP contribution in [0, 0.1) is 6.42 Å². The molecule has 0 aromatic heterocycles. The van der Waals surface area contributed by atoms with E-state index in [1.54, 1.807) is 0 Å². The van der Waals surface area contributed by atoms with E-state index in [2.05, 4.69) is 32.4 Å². The highest BCUT2D eigenvalue weighted by Gasteiger charge is 1.79. The Morgan fingerprint density at radius 1 is 1.10 bits per heavy atom. The molecule has 0 saturated heterocycles. The summed E-state index contributed by atoms with van der Waals surface area (Å²) in [5.74, 6) is 0. The van der Waals surface area contributed by atoms with Gasteiger partial charge in [-0.15, -0.1) is 0 Å². The predicted octanol–water partition coefficient (Wildman–Crippen LogP) is 3.74. The summed E-state index contributed by atoms with van der Waals surface area (Å²) in [6, 6.07) is 0. The van der Waals surface area contributed by atoms with E-state index in [-0.39, 0.29) is 0 Å². The lowest BCUT2D eigenvalue weighted by Crippen LogP contribution is -1.70. The minimum atomic E-state index is 1.15. The van der Waals surface area contributed by atoms with Crippen molar-refractivity contribution in [3.8, 4) is 0 Å². The van der Waals surface area contributed by atoms with Gasteiger partial charge in [-0.1, -0.05) is 45.3 Å². The molecule has 0 aliphatic carbocycles. The normalized spacial score (nSPS) is 11.0. The van der Waals surface area contributed by atoms with Crippen LogP contribution >= 0.6 is 0 Å². The highest BCUT2D eigenvalue weighted by atomic mass is 13.9. The highest BCUT2D eigenvalue weighted by Crippen LogP contribution is 1.98. The van der Waals surface area contributed by atoms with Gasteiger partial charge in [-0.25, -0.2) is 0 Å². The lowest BCUT2D eigenvalue weighted by Gasteiger charge is -1.89. The molecule has 0 unspecified atom stereocenters. The van der Waals surface area contributed by atoms with E-state index in [9.17, 15) is 0 Å². The highest BCUT2D eigenvalue weighted by molar-refractivity contribution is 4.86. The average molecular weight is 139 g/mol. The molecule has 0 N–H and O–H groups in total. The van der Waals surface area contributed by atoms with Crippen molar-refractivity contribution in [2.45, 2.75) is 46.0 Å². The average Bonchev–Trinajstić information content (AvgIpc) is 1.97. The lowest BCUT2D eigenvalue weighted by atomic mass is 10.2. The van der Waals surface area contributed by atoms with Crippen molar-refractivity contribution in [2.75, 3.05) is 0 Å². The van der Waals surface area contributed by atoms with E-state index in [1.807, 2.05) is 0 Å². The van der Waals surface area contributed by atoms with Gasteiger partial charge in [-0.2, -0.15) is 0 Å². The Kier molecular flexibility index (Phi) is 8.51. The Balaban J connectivity index is 2.89. The van der Waals surface area contributed by atoms with Gasteiger partial charge in [0.1, 0.15) is 0 Å². The molecule has 0 heteroatoms. The molecule has 0 amide bonds. The topological polar surface area (TPSA) is 0 Å². The first kappa shape index (κ1) is 9.74. The Hall–Kier alpha value is -0.260. The molecule has 0 aliphatic heterocycles. The smallest absolute Gasteiger partial charge is 0.0320 e. The van der Waals surface area contributed by atoms with Crippen molar-refractivity contribution >= 4 is 0 Å². The molecule has 0 fully saturated rings. The van der Waals surface area contributed by atoms with Crippen LogP contribution in [0.5, 0.6) is 0 Å². The lowest BCUT2D eigenvalue weighted by molar-refractivity contribution is 0.812. The van der Waals surface area contributed by atoms with Crippen LogP contribution in [0.3, 0.4) is 0 Å².